The monoisotopic (exact) mass is 558 g/mol. The van der Waals surface area contributed by atoms with Crippen LogP contribution in [0.5, 0.6) is 0 Å². The van der Waals surface area contributed by atoms with Gasteiger partial charge in [-0.25, -0.2) is 0 Å². The average molecular weight is 559 g/mol. The summed E-state index contributed by atoms with van der Waals surface area (Å²) in [5.74, 6) is 0. The van der Waals surface area contributed by atoms with Gasteiger partial charge >= 0.3 is 0 Å². The van der Waals surface area contributed by atoms with Gasteiger partial charge in [-0.3, -0.25) is 0 Å². The maximum absolute atomic E-state index is 4.43. The molecule has 0 fully saturated rings. The average Bonchev–Trinajstić information content (AvgIpc) is 2.62. The molecule has 0 atom stereocenters. The van der Waals surface area contributed by atoms with Crippen LogP contribution in [0.15, 0.2) is 66.0 Å². The first-order valence-corrected chi connectivity index (χ1v) is 8.88. The Bertz CT molecular complexity index is 756. The molecular formula is C25H35N2Pt-3. The van der Waals surface area contributed by atoms with Gasteiger partial charge in [0.05, 0.1) is 0 Å². The molecule has 2 nitrogen and oxygen atoms in total. The van der Waals surface area contributed by atoms with Gasteiger partial charge in [0.25, 0.3) is 0 Å². The second-order valence-corrected chi connectivity index (χ2v) is 7.33. The molecule has 3 heteroatoms. The number of nitrogens with zero attached hydrogens (tertiary/aromatic N) is 2. The van der Waals surface area contributed by atoms with E-state index in [0.29, 0.717) is 0 Å². The minimum Gasteiger partial charge on any atom is -0.365 e. The summed E-state index contributed by atoms with van der Waals surface area (Å²) in [5, 5.41) is 0. The molecule has 28 heavy (non-hydrogen) atoms. The SMILES string of the molecule is CC/C(=C\C=C(/C)C(C)(C)C)N(C)c1[c-]c(-c2ccccn2)ccc1.[CH3-].[CH3-].[Pt]. The summed E-state index contributed by atoms with van der Waals surface area (Å²) in [6.45, 7) is 11.1. The fourth-order valence-corrected chi connectivity index (χ4v) is 2.42. The number of hydrogen-bond acceptors (Lipinski definition) is 2. The second kappa shape index (κ2) is 12.7. The van der Waals surface area contributed by atoms with Crippen molar-refractivity contribution in [2.24, 2.45) is 5.41 Å². The number of rotatable bonds is 5. The molecule has 0 bridgehead atoms. The van der Waals surface area contributed by atoms with Crippen LogP contribution in [-0.2, 0) is 21.1 Å². The van der Waals surface area contributed by atoms with Gasteiger partial charge in [-0.2, -0.15) is 0 Å². The van der Waals surface area contributed by atoms with Crippen LogP contribution in [0.2, 0.25) is 0 Å². The predicted octanol–water partition coefficient (Wildman–Crippen LogP) is 7.17. The Morgan fingerprint density at radius 2 is 1.75 bits per heavy atom. The molecule has 2 rings (SSSR count). The van der Waals surface area contributed by atoms with Gasteiger partial charge in [0, 0.05) is 40.0 Å². The Morgan fingerprint density at radius 3 is 2.29 bits per heavy atom. The van der Waals surface area contributed by atoms with Crippen molar-refractivity contribution in [1.82, 2.24) is 4.98 Å². The van der Waals surface area contributed by atoms with E-state index in [1.54, 1.807) is 0 Å². The van der Waals surface area contributed by atoms with E-state index >= 15 is 0 Å². The fraction of sp³-hybridized carbons (Fsp3) is 0.320. The molecule has 0 aliphatic rings. The van der Waals surface area contributed by atoms with Crippen LogP contribution in [0, 0.1) is 26.3 Å². The Balaban J connectivity index is 0. The number of anilines is 1. The van der Waals surface area contributed by atoms with Crippen LogP contribution in [-0.4, -0.2) is 12.0 Å². The summed E-state index contributed by atoms with van der Waals surface area (Å²) in [6.07, 6.45) is 7.24. The zero-order valence-electron chi connectivity index (χ0n) is 18.6. The third kappa shape index (κ3) is 7.76. The minimum atomic E-state index is 0. The molecule has 0 saturated carbocycles. The van der Waals surface area contributed by atoms with Crippen molar-refractivity contribution in [2.75, 3.05) is 11.9 Å². The molecule has 1 aromatic carbocycles. The second-order valence-electron chi connectivity index (χ2n) is 7.33. The normalized spacial score (nSPS) is 11.6. The van der Waals surface area contributed by atoms with Crippen molar-refractivity contribution >= 4 is 5.69 Å². The molecule has 1 heterocycles. The van der Waals surface area contributed by atoms with Crippen LogP contribution in [0.3, 0.4) is 0 Å². The standard InChI is InChI=1S/C23H29N2.2CH3.Pt/c1-7-20(15-14-18(2)23(3,4)5)25(6)21-12-10-11-19(17-21)22-13-8-9-16-24-22;;;/h8-16H,7H2,1-6H3;2*1H3;/q3*-1;/b18-14+,20-15+;;;. The quantitative estimate of drug-likeness (QED) is 0.286. The van der Waals surface area contributed by atoms with Crippen molar-refractivity contribution in [2.45, 2.75) is 41.0 Å². The summed E-state index contributed by atoms with van der Waals surface area (Å²) in [5.41, 5.74) is 5.85. The smallest absolute Gasteiger partial charge is 0.0160 e. The number of benzene rings is 1. The minimum absolute atomic E-state index is 0. The van der Waals surface area contributed by atoms with Crippen molar-refractivity contribution in [1.29, 1.82) is 0 Å². The summed E-state index contributed by atoms with van der Waals surface area (Å²) in [4.78, 5) is 6.63. The Labute approximate surface area is 188 Å². The van der Waals surface area contributed by atoms with Gasteiger partial charge in [-0.15, -0.1) is 29.8 Å². The Morgan fingerprint density at radius 1 is 1.07 bits per heavy atom. The van der Waals surface area contributed by atoms with Crippen molar-refractivity contribution in [3.05, 3.63) is 86.9 Å². The first-order chi connectivity index (χ1) is 11.8. The first kappa shape index (κ1) is 28.5. The molecule has 1 aromatic heterocycles. The van der Waals surface area contributed by atoms with Crippen molar-refractivity contribution in [3.63, 3.8) is 0 Å². The van der Waals surface area contributed by atoms with E-state index in [9.17, 15) is 0 Å². The molecule has 0 N–H and O–H groups in total. The molecule has 0 amide bonds. The summed E-state index contributed by atoms with van der Waals surface area (Å²) in [6, 6.07) is 15.7. The summed E-state index contributed by atoms with van der Waals surface area (Å²) < 4.78 is 0. The van der Waals surface area contributed by atoms with E-state index in [2.05, 4.69) is 88.0 Å². The molecule has 0 radical (unpaired) electrons. The molecular weight excluding hydrogens is 523 g/mol. The van der Waals surface area contributed by atoms with Crippen LogP contribution < -0.4 is 4.90 Å². The number of aromatic nitrogens is 1. The molecule has 0 unspecified atom stereocenters. The van der Waals surface area contributed by atoms with E-state index < -0.39 is 0 Å². The summed E-state index contributed by atoms with van der Waals surface area (Å²) >= 11 is 0. The van der Waals surface area contributed by atoms with Crippen LogP contribution in [0.4, 0.5) is 5.69 Å². The van der Waals surface area contributed by atoms with Crippen LogP contribution in [0.25, 0.3) is 11.3 Å². The van der Waals surface area contributed by atoms with Gasteiger partial charge in [0.1, 0.15) is 0 Å². The van der Waals surface area contributed by atoms with Gasteiger partial charge in [-0.1, -0.05) is 51.5 Å². The van der Waals surface area contributed by atoms with Gasteiger partial charge < -0.3 is 24.7 Å². The third-order valence-corrected chi connectivity index (χ3v) is 4.58. The van der Waals surface area contributed by atoms with E-state index in [-0.39, 0.29) is 41.3 Å². The van der Waals surface area contributed by atoms with E-state index in [1.165, 1.54) is 11.3 Å². The van der Waals surface area contributed by atoms with Gasteiger partial charge in [-0.05, 0) is 42.3 Å². The topological polar surface area (TPSA) is 16.1 Å². The number of hydrogen-bond donors (Lipinski definition) is 0. The Kier molecular flexibility index (Phi) is 13.0. The largest absolute Gasteiger partial charge is 0.365 e. The fourth-order valence-electron chi connectivity index (χ4n) is 2.42. The third-order valence-electron chi connectivity index (χ3n) is 4.58. The van der Waals surface area contributed by atoms with Crippen molar-refractivity contribution in [3.8, 4) is 11.3 Å². The molecule has 0 aliphatic carbocycles. The zero-order valence-corrected chi connectivity index (χ0v) is 20.9. The van der Waals surface area contributed by atoms with Crippen molar-refractivity contribution < 1.29 is 21.1 Å². The Hall–Kier alpha value is -1.66. The maximum atomic E-state index is 4.43. The van der Waals surface area contributed by atoms with E-state index in [1.807, 2.05) is 24.4 Å². The first-order valence-electron chi connectivity index (χ1n) is 8.88. The summed E-state index contributed by atoms with van der Waals surface area (Å²) in [7, 11) is 2.10. The molecule has 0 saturated heterocycles. The zero-order chi connectivity index (χ0) is 18.4. The number of allylic oxidation sites excluding steroid dienone is 4. The predicted molar refractivity (Wildman–Crippen MR) is 121 cm³/mol. The molecule has 2 aromatic rings. The van der Waals surface area contributed by atoms with Crippen LogP contribution in [0.1, 0.15) is 41.0 Å². The number of pyridine rings is 1. The molecule has 0 spiro atoms. The van der Waals surface area contributed by atoms with Crippen LogP contribution >= 0.6 is 0 Å². The van der Waals surface area contributed by atoms with E-state index in [4.69, 9.17) is 0 Å². The van der Waals surface area contributed by atoms with E-state index in [0.717, 1.165) is 23.4 Å². The van der Waals surface area contributed by atoms with Gasteiger partial charge in [0.2, 0.25) is 0 Å². The maximum Gasteiger partial charge on any atom is 0.0160 e. The van der Waals surface area contributed by atoms with Gasteiger partial charge in [0.15, 0.2) is 0 Å². The molecule has 158 valence electrons. The molecule has 0 aliphatic heterocycles.